The number of amides is 2. The number of nitrogens with zero attached hydrogens (tertiary/aromatic N) is 2. The van der Waals surface area contributed by atoms with Crippen LogP contribution in [-0.2, 0) is 9.59 Å². The van der Waals surface area contributed by atoms with Crippen molar-refractivity contribution in [3.63, 3.8) is 0 Å². The Balaban J connectivity index is 1.38. The first-order valence-corrected chi connectivity index (χ1v) is 11.4. The van der Waals surface area contributed by atoms with Crippen LogP contribution in [0.5, 0.6) is 11.5 Å². The lowest BCUT2D eigenvalue weighted by Crippen LogP contribution is -2.37. The van der Waals surface area contributed by atoms with E-state index in [4.69, 9.17) is 9.47 Å². The average molecular weight is 433 g/mol. The molecule has 2 unspecified atom stereocenters. The summed E-state index contributed by atoms with van der Waals surface area (Å²) >= 11 is 0. The third kappa shape index (κ3) is 3.85. The van der Waals surface area contributed by atoms with Crippen molar-refractivity contribution in [1.29, 1.82) is 0 Å². The van der Waals surface area contributed by atoms with E-state index in [-0.39, 0.29) is 30.3 Å². The average Bonchev–Trinajstić information content (AvgIpc) is 3.18. The first-order valence-electron chi connectivity index (χ1n) is 11.4. The van der Waals surface area contributed by atoms with Gasteiger partial charge in [0.05, 0.1) is 31.7 Å². The summed E-state index contributed by atoms with van der Waals surface area (Å²) < 4.78 is 11.6. The van der Waals surface area contributed by atoms with E-state index in [1.165, 1.54) is 0 Å². The lowest BCUT2D eigenvalue weighted by atomic mass is 9.93. The van der Waals surface area contributed by atoms with Gasteiger partial charge in [0.2, 0.25) is 11.8 Å². The van der Waals surface area contributed by atoms with Gasteiger partial charge >= 0.3 is 0 Å². The second-order valence-electron chi connectivity index (χ2n) is 8.59. The highest BCUT2D eigenvalue weighted by atomic mass is 16.5. The molecule has 2 atom stereocenters. The molecular formula is C26H28N2O4. The SMILES string of the molecule is CC(=O)N1C=Cc2ccccc2C1CC(=O)N1CCCC1c1ccc2c(c1)OCCCO2. The van der Waals surface area contributed by atoms with E-state index in [9.17, 15) is 9.59 Å². The Kier molecular flexibility index (Phi) is 5.60. The van der Waals surface area contributed by atoms with Crippen LogP contribution in [0.4, 0.5) is 0 Å². The molecule has 2 amide bonds. The molecule has 0 radical (unpaired) electrons. The van der Waals surface area contributed by atoms with Crippen molar-refractivity contribution < 1.29 is 19.1 Å². The quantitative estimate of drug-likeness (QED) is 0.718. The maximum absolute atomic E-state index is 13.5. The van der Waals surface area contributed by atoms with Crippen molar-refractivity contribution in [2.45, 2.75) is 44.7 Å². The van der Waals surface area contributed by atoms with Crippen molar-refractivity contribution >= 4 is 17.9 Å². The monoisotopic (exact) mass is 432 g/mol. The van der Waals surface area contributed by atoms with E-state index >= 15 is 0 Å². The van der Waals surface area contributed by atoms with E-state index < -0.39 is 0 Å². The predicted molar refractivity (Wildman–Crippen MR) is 121 cm³/mol. The minimum atomic E-state index is -0.286. The molecule has 2 aromatic rings. The molecule has 0 saturated carbocycles. The first-order chi connectivity index (χ1) is 15.6. The Morgan fingerprint density at radius 1 is 1.03 bits per heavy atom. The number of rotatable bonds is 3. The summed E-state index contributed by atoms with van der Waals surface area (Å²) in [5.74, 6) is 1.54. The Morgan fingerprint density at radius 2 is 1.84 bits per heavy atom. The lowest BCUT2D eigenvalue weighted by molar-refractivity contribution is -0.135. The predicted octanol–water partition coefficient (Wildman–Crippen LogP) is 4.48. The summed E-state index contributed by atoms with van der Waals surface area (Å²) in [5, 5.41) is 0. The topological polar surface area (TPSA) is 59.1 Å². The maximum atomic E-state index is 13.5. The number of hydrogen-bond acceptors (Lipinski definition) is 4. The minimum Gasteiger partial charge on any atom is -0.490 e. The van der Waals surface area contributed by atoms with E-state index in [1.807, 2.05) is 53.4 Å². The van der Waals surface area contributed by atoms with Gasteiger partial charge in [-0.1, -0.05) is 30.3 Å². The molecule has 5 rings (SSSR count). The summed E-state index contributed by atoms with van der Waals surface area (Å²) in [7, 11) is 0. The number of benzene rings is 2. The van der Waals surface area contributed by atoms with Gasteiger partial charge < -0.3 is 19.3 Å². The molecule has 0 spiro atoms. The van der Waals surface area contributed by atoms with Crippen LogP contribution in [0.15, 0.2) is 48.7 Å². The standard InChI is InChI=1S/C26H28N2O4/c1-18(29)27-13-11-19-6-2-3-7-21(19)23(27)17-26(30)28-12-4-8-22(28)20-9-10-24-25(16-20)32-15-5-14-31-24/h2-3,6-7,9-11,13,16,22-23H,4-5,8,12,14-15,17H2,1H3. The molecule has 0 bridgehead atoms. The number of fused-ring (bicyclic) bond motifs is 2. The van der Waals surface area contributed by atoms with Gasteiger partial charge in [0.25, 0.3) is 0 Å². The zero-order valence-electron chi connectivity index (χ0n) is 18.3. The third-order valence-corrected chi connectivity index (χ3v) is 6.57. The minimum absolute atomic E-state index is 0.0137. The molecule has 0 aromatic heterocycles. The normalized spacial score (nSPS) is 21.8. The molecular weight excluding hydrogens is 404 g/mol. The van der Waals surface area contributed by atoms with Crippen LogP contribution in [0.1, 0.15) is 61.4 Å². The van der Waals surface area contributed by atoms with Gasteiger partial charge in [-0.25, -0.2) is 0 Å². The van der Waals surface area contributed by atoms with Gasteiger partial charge in [-0.2, -0.15) is 0 Å². The number of carbonyl (C=O) groups is 2. The Bertz CT molecular complexity index is 1060. The van der Waals surface area contributed by atoms with E-state index in [1.54, 1.807) is 18.0 Å². The van der Waals surface area contributed by atoms with Crippen molar-refractivity contribution in [3.05, 3.63) is 65.4 Å². The summed E-state index contributed by atoms with van der Waals surface area (Å²) in [5.41, 5.74) is 3.15. The molecule has 3 aliphatic rings. The molecule has 2 aromatic carbocycles. The first kappa shape index (κ1) is 20.6. The van der Waals surface area contributed by atoms with Crippen LogP contribution in [0.3, 0.4) is 0 Å². The maximum Gasteiger partial charge on any atom is 0.225 e. The highest BCUT2D eigenvalue weighted by Crippen LogP contribution is 2.40. The number of ether oxygens (including phenoxy) is 2. The van der Waals surface area contributed by atoms with E-state index in [2.05, 4.69) is 0 Å². The van der Waals surface area contributed by atoms with E-state index in [0.717, 1.165) is 54.0 Å². The van der Waals surface area contributed by atoms with Crippen molar-refractivity contribution in [1.82, 2.24) is 9.80 Å². The third-order valence-electron chi connectivity index (χ3n) is 6.57. The Labute approximate surface area is 188 Å². The summed E-state index contributed by atoms with van der Waals surface area (Å²) in [6.45, 7) is 3.57. The van der Waals surface area contributed by atoms with Gasteiger partial charge in [-0.15, -0.1) is 0 Å². The van der Waals surface area contributed by atoms with Gasteiger partial charge in [-0.05, 0) is 47.7 Å². The van der Waals surface area contributed by atoms with Gasteiger partial charge in [0.1, 0.15) is 0 Å². The van der Waals surface area contributed by atoms with Gasteiger partial charge in [0.15, 0.2) is 11.5 Å². The molecule has 166 valence electrons. The Hall–Kier alpha value is -3.28. The van der Waals surface area contributed by atoms with Crippen molar-refractivity contribution in [2.24, 2.45) is 0 Å². The van der Waals surface area contributed by atoms with Crippen molar-refractivity contribution in [3.8, 4) is 11.5 Å². The van der Waals surface area contributed by atoms with Crippen LogP contribution in [0, 0.1) is 0 Å². The molecule has 3 aliphatic heterocycles. The molecule has 0 N–H and O–H groups in total. The summed E-state index contributed by atoms with van der Waals surface area (Å²) in [4.78, 5) is 29.5. The zero-order chi connectivity index (χ0) is 22.1. The second kappa shape index (κ2) is 8.69. The van der Waals surface area contributed by atoms with Crippen LogP contribution in [0.2, 0.25) is 0 Å². The fourth-order valence-electron chi connectivity index (χ4n) is 4.99. The molecule has 1 fully saturated rings. The fourth-order valence-corrected chi connectivity index (χ4v) is 4.99. The number of hydrogen-bond donors (Lipinski definition) is 0. The molecule has 6 nitrogen and oxygen atoms in total. The van der Waals surface area contributed by atoms with E-state index in [0.29, 0.717) is 13.2 Å². The highest BCUT2D eigenvalue weighted by molar-refractivity contribution is 5.82. The Morgan fingerprint density at radius 3 is 2.69 bits per heavy atom. The molecule has 0 aliphatic carbocycles. The van der Waals surface area contributed by atoms with Crippen molar-refractivity contribution in [2.75, 3.05) is 19.8 Å². The second-order valence-corrected chi connectivity index (χ2v) is 8.59. The van der Waals surface area contributed by atoms with Crippen LogP contribution < -0.4 is 9.47 Å². The highest BCUT2D eigenvalue weighted by Gasteiger charge is 2.35. The molecule has 32 heavy (non-hydrogen) atoms. The van der Waals surface area contributed by atoms with Crippen LogP contribution >= 0.6 is 0 Å². The van der Waals surface area contributed by atoms with Gasteiger partial charge in [0, 0.05) is 26.1 Å². The largest absolute Gasteiger partial charge is 0.490 e. The van der Waals surface area contributed by atoms with Crippen LogP contribution in [-0.4, -0.2) is 41.4 Å². The number of carbonyl (C=O) groups excluding carboxylic acids is 2. The number of likely N-dealkylation sites (tertiary alicyclic amines) is 1. The summed E-state index contributed by atoms with van der Waals surface area (Å²) in [6, 6.07) is 13.7. The smallest absolute Gasteiger partial charge is 0.225 e. The zero-order valence-corrected chi connectivity index (χ0v) is 18.3. The van der Waals surface area contributed by atoms with Gasteiger partial charge in [-0.3, -0.25) is 9.59 Å². The summed E-state index contributed by atoms with van der Waals surface area (Å²) in [6.07, 6.45) is 6.75. The molecule has 1 saturated heterocycles. The fraction of sp³-hybridized carbons (Fsp3) is 0.385. The molecule has 6 heteroatoms. The molecule has 3 heterocycles. The lowest BCUT2D eigenvalue weighted by Gasteiger charge is -2.34. The van der Waals surface area contributed by atoms with Crippen LogP contribution in [0.25, 0.3) is 6.08 Å².